The molecule has 1 aliphatic heterocycles. The first-order valence-corrected chi connectivity index (χ1v) is 10.2. The van der Waals surface area contributed by atoms with Crippen LogP contribution >= 0.6 is 0 Å². The van der Waals surface area contributed by atoms with E-state index in [1.165, 1.54) is 6.21 Å². The van der Waals surface area contributed by atoms with Crippen molar-refractivity contribution in [3.8, 4) is 0 Å². The third-order valence-electron chi connectivity index (χ3n) is 5.63. The Balaban J connectivity index is 1.83. The van der Waals surface area contributed by atoms with Gasteiger partial charge in [-0.05, 0) is 69.4 Å². The van der Waals surface area contributed by atoms with E-state index < -0.39 is 0 Å². The van der Waals surface area contributed by atoms with Gasteiger partial charge in [-0.15, -0.1) is 0 Å². The number of hydrogen-bond acceptors (Lipinski definition) is 3. The summed E-state index contributed by atoms with van der Waals surface area (Å²) < 4.78 is 14.8. The highest BCUT2D eigenvalue weighted by atomic mass is 19.1. The van der Waals surface area contributed by atoms with E-state index in [0.717, 1.165) is 36.2 Å². The van der Waals surface area contributed by atoms with Gasteiger partial charge in [0, 0.05) is 28.9 Å². The number of anilines is 1. The molecule has 0 aliphatic carbocycles. The second-order valence-electron chi connectivity index (χ2n) is 8.57. The van der Waals surface area contributed by atoms with Crippen LogP contribution in [0.4, 0.5) is 10.1 Å². The highest BCUT2D eigenvalue weighted by Crippen LogP contribution is 2.44. The molecule has 0 fully saturated rings. The van der Waals surface area contributed by atoms with Crippen molar-refractivity contribution in [2.75, 3.05) is 11.4 Å². The number of carbonyl (C=O) groups is 1. The average molecular weight is 396 g/mol. The van der Waals surface area contributed by atoms with E-state index in [2.05, 4.69) is 43.1 Å². The summed E-state index contributed by atoms with van der Waals surface area (Å²) in [5, 5.41) is 3.98. The highest BCUT2D eigenvalue weighted by molar-refractivity contribution is 5.95. The van der Waals surface area contributed by atoms with Crippen molar-refractivity contribution in [2.45, 2.75) is 58.9 Å². The first-order chi connectivity index (χ1) is 13.7. The largest absolute Gasteiger partial charge is 0.366 e. The third-order valence-corrected chi connectivity index (χ3v) is 5.63. The molecule has 1 atom stereocenters. The van der Waals surface area contributed by atoms with Gasteiger partial charge in [-0.3, -0.25) is 4.79 Å². The number of benzene rings is 2. The molecule has 0 aromatic heterocycles. The minimum absolute atomic E-state index is 0.00746. The Bertz CT molecular complexity index is 918. The lowest BCUT2D eigenvalue weighted by Crippen LogP contribution is -2.48. The molecule has 0 radical (unpaired) electrons. The van der Waals surface area contributed by atoms with Gasteiger partial charge in [-0.2, -0.15) is 5.10 Å². The summed E-state index contributed by atoms with van der Waals surface area (Å²) in [6.45, 7) is 11.6. The molecule has 1 amide bonds. The Labute approximate surface area is 172 Å². The monoisotopic (exact) mass is 395 g/mol. The van der Waals surface area contributed by atoms with E-state index >= 15 is 0 Å². The second kappa shape index (κ2) is 8.36. The van der Waals surface area contributed by atoms with Crippen LogP contribution in [0.25, 0.3) is 0 Å². The lowest BCUT2D eigenvalue weighted by atomic mass is 9.79. The highest BCUT2D eigenvalue weighted by Gasteiger charge is 2.36. The Morgan fingerprint density at radius 2 is 2.00 bits per heavy atom. The quantitative estimate of drug-likeness (QED) is 0.544. The van der Waals surface area contributed by atoms with E-state index in [-0.39, 0.29) is 17.3 Å². The molecule has 1 aliphatic rings. The number of fused-ring (bicyclic) bond motifs is 1. The minimum atomic E-state index is -0.330. The van der Waals surface area contributed by atoms with Crippen LogP contribution in [0.5, 0.6) is 0 Å². The zero-order valence-corrected chi connectivity index (χ0v) is 17.9. The summed E-state index contributed by atoms with van der Waals surface area (Å²) in [6, 6.07) is 10.7. The van der Waals surface area contributed by atoms with Gasteiger partial charge < -0.3 is 4.90 Å². The molecule has 2 aromatic rings. The molecule has 3 rings (SSSR count). The van der Waals surface area contributed by atoms with Crippen molar-refractivity contribution in [3.05, 3.63) is 64.5 Å². The topological polar surface area (TPSA) is 44.7 Å². The number of nitrogens with zero attached hydrogens (tertiary/aromatic N) is 2. The van der Waals surface area contributed by atoms with Crippen LogP contribution in [0, 0.1) is 12.7 Å². The van der Waals surface area contributed by atoms with Gasteiger partial charge in [0.1, 0.15) is 5.82 Å². The van der Waals surface area contributed by atoms with Gasteiger partial charge in [0.25, 0.3) is 5.91 Å². The van der Waals surface area contributed by atoms with Crippen LogP contribution in [0.15, 0.2) is 41.5 Å². The Kier molecular flexibility index (Phi) is 6.06. The van der Waals surface area contributed by atoms with Crippen LogP contribution in [0.1, 0.15) is 73.5 Å². The van der Waals surface area contributed by atoms with Crippen LogP contribution < -0.4 is 10.3 Å². The molecule has 1 heterocycles. The summed E-state index contributed by atoms with van der Waals surface area (Å²) >= 11 is 0. The lowest BCUT2D eigenvalue weighted by Gasteiger charge is -2.47. The fraction of sp³-hybridized carbons (Fsp3) is 0.417. The maximum atomic E-state index is 14.8. The van der Waals surface area contributed by atoms with E-state index in [0.29, 0.717) is 17.0 Å². The Hall–Kier alpha value is -2.69. The minimum Gasteiger partial charge on any atom is -0.366 e. The molecule has 0 spiro atoms. The molecule has 5 heteroatoms. The predicted molar refractivity (Wildman–Crippen MR) is 117 cm³/mol. The Morgan fingerprint density at radius 1 is 1.31 bits per heavy atom. The average Bonchev–Trinajstić information content (AvgIpc) is 2.66. The number of aryl methyl sites for hydroxylation is 1. The molecule has 4 nitrogen and oxygen atoms in total. The molecule has 0 saturated heterocycles. The fourth-order valence-electron chi connectivity index (χ4n) is 4.20. The van der Waals surface area contributed by atoms with Crippen LogP contribution in [-0.2, 0) is 0 Å². The first kappa shape index (κ1) is 21.0. The normalized spacial score (nSPS) is 18.0. The maximum absolute atomic E-state index is 14.8. The SMILES string of the molecule is CCCN1c2cc(F)c(/C=N\NC(=O)c3ccc(C)cc3)cc2C(C)CC1(C)C. The molecule has 2 aromatic carbocycles. The standard InChI is InChI=1S/C24H30FN3O/c1-6-11-28-22-13-21(25)19(12-20(22)17(3)14-24(28,4)5)15-26-27-23(29)18-9-7-16(2)8-10-18/h7-10,12-13,15,17H,6,11,14H2,1-5H3,(H,27,29)/b26-15-. The van der Waals surface area contributed by atoms with Gasteiger partial charge in [0.2, 0.25) is 0 Å². The molecule has 0 saturated carbocycles. The van der Waals surface area contributed by atoms with Crippen LogP contribution in [0.3, 0.4) is 0 Å². The van der Waals surface area contributed by atoms with Crippen LogP contribution in [0.2, 0.25) is 0 Å². The summed E-state index contributed by atoms with van der Waals surface area (Å²) in [5.74, 6) is -0.324. The van der Waals surface area contributed by atoms with Gasteiger partial charge in [0.05, 0.1) is 6.21 Å². The van der Waals surface area contributed by atoms with Gasteiger partial charge in [-0.1, -0.05) is 31.5 Å². The van der Waals surface area contributed by atoms with E-state index in [9.17, 15) is 9.18 Å². The van der Waals surface area contributed by atoms with Gasteiger partial charge in [0.15, 0.2) is 0 Å². The number of halogens is 1. The zero-order chi connectivity index (χ0) is 21.2. The molecule has 29 heavy (non-hydrogen) atoms. The van der Waals surface area contributed by atoms with Gasteiger partial charge >= 0.3 is 0 Å². The maximum Gasteiger partial charge on any atom is 0.271 e. The number of hydrogen-bond donors (Lipinski definition) is 1. The molecular formula is C24H30FN3O. The number of amides is 1. The number of carbonyl (C=O) groups excluding carboxylic acids is 1. The summed E-state index contributed by atoms with van der Waals surface area (Å²) in [4.78, 5) is 14.5. The summed E-state index contributed by atoms with van der Waals surface area (Å²) in [7, 11) is 0. The molecule has 154 valence electrons. The van der Waals surface area contributed by atoms with E-state index in [1.54, 1.807) is 18.2 Å². The van der Waals surface area contributed by atoms with Crippen molar-refractivity contribution >= 4 is 17.8 Å². The van der Waals surface area contributed by atoms with Crippen LogP contribution in [-0.4, -0.2) is 24.2 Å². The lowest BCUT2D eigenvalue weighted by molar-refractivity contribution is 0.0955. The number of nitrogens with one attached hydrogen (secondary N) is 1. The van der Waals surface area contributed by atoms with Crippen molar-refractivity contribution in [2.24, 2.45) is 5.10 Å². The molecular weight excluding hydrogens is 365 g/mol. The summed E-state index contributed by atoms with van der Waals surface area (Å²) in [5.41, 5.74) is 6.55. The van der Waals surface area contributed by atoms with Crippen molar-refractivity contribution < 1.29 is 9.18 Å². The third kappa shape index (κ3) is 4.50. The molecule has 0 bridgehead atoms. The van der Waals surface area contributed by atoms with Gasteiger partial charge in [-0.25, -0.2) is 9.82 Å². The molecule has 1 unspecified atom stereocenters. The predicted octanol–water partition coefficient (Wildman–Crippen LogP) is 5.40. The second-order valence-corrected chi connectivity index (χ2v) is 8.57. The molecule has 1 N–H and O–H groups in total. The summed E-state index contributed by atoms with van der Waals surface area (Å²) in [6.07, 6.45) is 3.40. The number of hydrazone groups is 1. The fourth-order valence-corrected chi connectivity index (χ4v) is 4.20. The van der Waals surface area contributed by atoms with Crippen molar-refractivity contribution in [3.63, 3.8) is 0 Å². The van der Waals surface area contributed by atoms with E-state index in [4.69, 9.17) is 0 Å². The van der Waals surface area contributed by atoms with E-state index in [1.807, 2.05) is 25.1 Å². The first-order valence-electron chi connectivity index (χ1n) is 10.2. The van der Waals surface area contributed by atoms with Crippen molar-refractivity contribution in [1.29, 1.82) is 0 Å². The van der Waals surface area contributed by atoms with Crippen molar-refractivity contribution in [1.82, 2.24) is 5.43 Å². The zero-order valence-electron chi connectivity index (χ0n) is 17.9. The Morgan fingerprint density at radius 3 is 2.66 bits per heavy atom. The number of rotatable bonds is 5. The smallest absolute Gasteiger partial charge is 0.271 e.